The van der Waals surface area contributed by atoms with Crippen LogP contribution in [0.1, 0.15) is 16.1 Å². The molecular formula is C23H18ClN3O2. The van der Waals surface area contributed by atoms with Crippen molar-refractivity contribution in [1.29, 1.82) is 0 Å². The van der Waals surface area contributed by atoms with Gasteiger partial charge in [0.2, 0.25) is 0 Å². The Bertz CT molecular complexity index is 1200. The van der Waals surface area contributed by atoms with Gasteiger partial charge in [0.1, 0.15) is 5.75 Å². The van der Waals surface area contributed by atoms with E-state index in [0.717, 1.165) is 22.2 Å². The topological polar surface area (TPSA) is 55.6 Å². The summed E-state index contributed by atoms with van der Waals surface area (Å²) >= 11 is 5.96. The van der Waals surface area contributed by atoms with Gasteiger partial charge in [-0.15, -0.1) is 0 Å². The van der Waals surface area contributed by atoms with Crippen LogP contribution in [0.4, 0.5) is 0 Å². The van der Waals surface area contributed by atoms with Gasteiger partial charge in [-0.25, -0.2) is 5.43 Å². The lowest BCUT2D eigenvalue weighted by molar-refractivity contribution is 0.0952. The first-order valence-corrected chi connectivity index (χ1v) is 9.37. The largest absolute Gasteiger partial charge is 0.496 e. The highest BCUT2D eigenvalue weighted by molar-refractivity contribution is 6.30. The molecule has 0 fully saturated rings. The molecule has 0 spiro atoms. The zero-order valence-electron chi connectivity index (χ0n) is 15.7. The van der Waals surface area contributed by atoms with Gasteiger partial charge in [0, 0.05) is 16.9 Å². The van der Waals surface area contributed by atoms with E-state index in [-0.39, 0.29) is 5.91 Å². The summed E-state index contributed by atoms with van der Waals surface area (Å²) in [6.07, 6.45) is 3.51. The molecule has 4 rings (SSSR count). The van der Waals surface area contributed by atoms with Gasteiger partial charge in [0.15, 0.2) is 0 Å². The summed E-state index contributed by atoms with van der Waals surface area (Å²) in [6, 6.07) is 22.7. The zero-order valence-corrected chi connectivity index (χ0v) is 16.4. The van der Waals surface area contributed by atoms with Gasteiger partial charge in [-0.3, -0.25) is 4.79 Å². The van der Waals surface area contributed by atoms with Crippen LogP contribution in [-0.2, 0) is 0 Å². The molecule has 0 unspecified atom stereocenters. The van der Waals surface area contributed by atoms with E-state index in [0.29, 0.717) is 16.3 Å². The molecule has 1 aromatic heterocycles. The van der Waals surface area contributed by atoms with Crippen LogP contribution in [0.2, 0.25) is 5.02 Å². The molecule has 1 N–H and O–H groups in total. The molecule has 0 aliphatic rings. The lowest BCUT2D eigenvalue weighted by Gasteiger charge is -2.09. The van der Waals surface area contributed by atoms with Crippen molar-refractivity contribution in [1.82, 2.24) is 9.99 Å². The maximum absolute atomic E-state index is 12.7. The summed E-state index contributed by atoms with van der Waals surface area (Å²) in [5, 5.41) is 6.76. The molecule has 144 valence electrons. The number of methoxy groups -OCH3 is 1. The van der Waals surface area contributed by atoms with E-state index in [1.807, 2.05) is 77.5 Å². The number of hydrazone groups is 1. The molecule has 29 heavy (non-hydrogen) atoms. The van der Waals surface area contributed by atoms with Crippen molar-refractivity contribution in [3.8, 4) is 11.4 Å². The number of carbonyl (C=O) groups is 1. The molecule has 0 atom stereocenters. The minimum atomic E-state index is -0.339. The average molecular weight is 404 g/mol. The van der Waals surface area contributed by atoms with Crippen LogP contribution in [0, 0.1) is 0 Å². The molecule has 3 aromatic carbocycles. The Morgan fingerprint density at radius 1 is 1.03 bits per heavy atom. The number of hydrogen-bond acceptors (Lipinski definition) is 3. The number of rotatable bonds is 5. The maximum atomic E-state index is 12.7. The number of halogens is 1. The Labute approximate surface area is 173 Å². The van der Waals surface area contributed by atoms with Crippen molar-refractivity contribution in [3.05, 3.63) is 95.3 Å². The van der Waals surface area contributed by atoms with Crippen molar-refractivity contribution in [3.63, 3.8) is 0 Å². The third-order valence-electron chi connectivity index (χ3n) is 4.56. The summed E-state index contributed by atoms with van der Waals surface area (Å²) < 4.78 is 7.33. The zero-order chi connectivity index (χ0) is 20.2. The third-order valence-corrected chi connectivity index (χ3v) is 4.81. The fourth-order valence-corrected chi connectivity index (χ4v) is 3.25. The van der Waals surface area contributed by atoms with Crippen LogP contribution >= 0.6 is 11.6 Å². The Morgan fingerprint density at radius 2 is 1.76 bits per heavy atom. The smallest absolute Gasteiger partial charge is 0.275 e. The summed E-state index contributed by atoms with van der Waals surface area (Å²) in [4.78, 5) is 12.7. The summed E-state index contributed by atoms with van der Waals surface area (Å²) in [5.74, 6) is 0.161. The molecule has 5 nitrogen and oxygen atoms in total. The van der Waals surface area contributed by atoms with Crippen molar-refractivity contribution in [2.24, 2.45) is 5.10 Å². The lowest BCUT2D eigenvalue weighted by atomic mass is 10.1. The van der Waals surface area contributed by atoms with Gasteiger partial charge < -0.3 is 9.30 Å². The second-order valence-corrected chi connectivity index (χ2v) is 6.81. The van der Waals surface area contributed by atoms with Crippen molar-refractivity contribution >= 4 is 34.5 Å². The Morgan fingerprint density at radius 3 is 2.48 bits per heavy atom. The first-order chi connectivity index (χ1) is 14.2. The lowest BCUT2D eigenvalue weighted by Crippen LogP contribution is -2.18. The summed E-state index contributed by atoms with van der Waals surface area (Å²) in [6.45, 7) is 0. The molecule has 0 saturated heterocycles. The summed E-state index contributed by atoms with van der Waals surface area (Å²) in [7, 11) is 1.54. The highest BCUT2D eigenvalue weighted by Gasteiger charge is 2.13. The van der Waals surface area contributed by atoms with Gasteiger partial charge in [-0.1, -0.05) is 35.9 Å². The number of fused-ring (bicyclic) bond motifs is 1. The number of hydrogen-bond donors (Lipinski definition) is 1. The van der Waals surface area contributed by atoms with Gasteiger partial charge in [0.25, 0.3) is 5.91 Å². The van der Waals surface area contributed by atoms with E-state index in [4.69, 9.17) is 16.3 Å². The predicted molar refractivity (Wildman–Crippen MR) is 116 cm³/mol. The number of carbonyl (C=O) groups excluding carboxylic acids is 1. The van der Waals surface area contributed by atoms with Crippen LogP contribution in [0.3, 0.4) is 0 Å². The molecule has 4 aromatic rings. The second kappa shape index (κ2) is 8.20. The number of benzene rings is 3. The van der Waals surface area contributed by atoms with Crippen molar-refractivity contribution in [2.75, 3.05) is 7.11 Å². The summed E-state index contributed by atoms with van der Waals surface area (Å²) in [5.41, 5.74) is 4.77. The first kappa shape index (κ1) is 18.8. The van der Waals surface area contributed by atoms with Crippen LogP contribution in [-0.4, -0.2) is 23.8 Å². The normalized spacial score (nSPS) is 11.1. The van der Waals surface area contributed by atoms with Gasteiger partial charge in [-0.05, 0) is 59.3 Å². The minimum absolute atomic E-state index is 0.339. The van der Waals surface area contributed by atoms with Crippen LogP contribution in [0.15, 0.2) is 84.1 Å². The number of nitrogens with one attached hydrogen (secondary N) is 1. The number of aromatic nitrogens is 1. The fourth-order valence-electron chi connectivity index (χ4n) is 3.12. The van der Waals surface area contributed by atoms with E-state index >= 15 is 0 Å². The quantitative estimate of drug-likeness (QED) is 0.374. The standard InChI is InChI=1S/C23H18ClN3O2/c1-29-22-14-17-6-3-2-5-16(17)13-21(22)23(28)26-25-15-20-7-4-12-27(20)19-10-8-18(24)9-11-19/h2-15H,1H3,(H,26,28)/b25-15-. The SMILES string of the molecule is COc1cc2ccccc2cc1C(=O)N/N=C\c1cccn1-c1ccc(Cl)cc1. The minimum Gasteiger partial charge on any atom is -0.496 e. The van der Waals surface area contributed by atoms with Crippen molar-refractivity contribution < 1.29 is 9.53 Å². The molecule has 1 heterocycles. The molecule has 1 amide bonds. The number of amides is 1. The molecular weight excluding hydrogens is 386 g/mol. The Kier molecular flexibility index (Phi) is 5.31. The third kappa shape index (κ3) is 4.00. The Hall–Kier alpha value is -3.57. The van der Waals surface area contributed by atoms with Crippen molar-refractivity contribution in [2.45, 2.75) is 0 Å². The monoisotopic (exact) mass is 403 g/mol. The van der Waals surface area contributed by atoms with E-state index < -0.39 is 0 Å². The van der Waals surface area contributed by atoms with Crippen LogP contribution in [0.5, 0.6) is 5.75 Å². The van der Waals surface area contributed by atoms with Crippen LogP contribution in [0.25, 0.3) is 16.5 Å². The maximum Gasteiger partial charge on any atom is 0.275 e. The molecule has 6 heteroatoms. The number of nitrogens with zero attached hydrogens (tertiary/aromatic N) is 2. The molecule has 0 saturated carbocycles. The molecule has 0 bridgehead atoms. The van der Waals surface area contributed by atoms with Crippen LogP contribution < -0.4 is 10.2 Å². The van der Waals surface area contributed by atoms with Gasteiger partial charge in [0.05, 0.1) is 24.6 Å². The fraction of sp³-hybridized carbons (Fsp3) is 0.0435. The molecule has 0 radical (unpaired) electrons. The molecule has 0 aliphatic heterocycles. The van der Waals surface area contributed by atoms with E-state index in [2.05, 4.69) is 10.5 Å². The van der Waals surface area contributed by atoms with Gasteiger partial charge in [-0.2, -0.15) is 5.10 Å². The average Bonchev–Trinajstić information content (AvgIpc) is 3.21. The molecule has 0 aliphatic carbocycles. The highest BCUT2D eigenvalue weighted by atomic mass is 35.5. The van der Waals surface area contributed by atoms with E-state index in [1.165, 1.54) is 0 Å². The first-order valence-electron chi connectivity index (χ1n) is 8.99. The predicted octanol–water partition coefficient (Wildman–Crippen LogP) is 5.06. The second-order valence-electron chi connectivity index (χ2n) is 6.38. The van der Waals surface area contributed by atoms with E-state index in [1.54, 1.807) is 19.4 Å². The Balaban J connectivity index is 1.55. The number of ether oxygens (including phenoxy) is 1. The van der Waals surface area contributed by atoms with E-state index in [9.17, 15) is 4.79 Å². The highest BCUT2D eigenvalue weighted by Crippen LogP contribution is 2.25. The van der Waals surface area contributed by atoms with Gasteiger partial charge >= 0.3 is 0 Å².